The van der Waals surface area contributed by atoms with E-state index in [1.54, 1.807) is 26.0 Å². The van der Waals surface area contributed by atoms with Crippen LogP contribution in [-0.4, -0.2) is 14.4 Å². The quantitative estimate of drug-likeness (QED) is 0.890. The Balaban J connectivity index is 2.64. The topological polar surface area (TPSA) is 57.5 Å². The van der Waals surface area contributed by atoms with Crippen LogP contribution in [0, 0.1) is 27.7 Å². The third-order valence-corrected chi connectivity index (χ3v) is 4.97. The molecule has 0 aliphatic heterocycles. The van der Waals surface area contributed by atoms with E-state index < -0.39 is 10.8 Å². The summed E-state index contributed by atoms with van der Waals surface area (Å²) < 4.78 is 12.7. The Labute approximate surface area is 121 Å². The molecule has 0 amide bonds. The van der Waals surface area contributed by atoms with Gasteiger partial charge in [0.05, 0.1) is 20.6 Å². The molecule has 0 spiro atoms. The average molecular weight is 290 g/mol. The highest BCUT2D eigenvalue weighted by molar-refractivity contribution is 7.85. The van der Waals surface area contributed by atoms with Crippen LogP contribution in [0.1, 0.15) is 22.3 Å². The van der Waals surface area contributed by atoms with E-state index in [0.29, 0.717) is 9.79 Å². The van der Waals surface area contributed by atoms with Crippen LogP contribution in [-0.2, 0) is 10.8 Å². The molecule has 0 atom stereocenters. The molecule has 2 rings (SSSR count). The second-order valence-electron chi connectivity index (χ2n) is 5.13. The molecular weight excluding hydrogens is 272 g/mol. The number of hydrogen-bond acceptors (Lipinski definition) is 3. The molecule has 0 aliphatic carbocycles. The number of hydrogen-bond donors (Lipinski definition) is 2. The molecule has 106 valence electrons. The lowest BCUT2D eigenvalue weighted by molar-refractivity contribution is 0.456. The maximum Gasteiger partial charge on any atom is 0.132 e. The molecule has 2 N–H and O–H groups in total. The first kappa shape index (κ1) is 14.6. The molecule has 20 heavy (non-hydrogen) atoms. The second-order valence-corrected chi connectivity index (χ2v) is 6.48. The molecule has 3 nitrogen and oxygen atoms in total. The van der Waals surface area contributed by atoms with Gasteiger partial charge in [-0.15, -0.1) is 0 Å². The van der Waals surface area contributed by atoms with Gasteiger partial charge in [-0.3, -0.25) is 0 Å². The molecule has 2 aromatic carbocycles. The van der Waals surface area contributed by atoms with Gasteiger partial charge in [0, 0.05) is 0 Å². The third kappa shape index (κ3) is 2.56. The summed E-state index contributed by atoms with van der Waals surface area (Å²) in [5.74, 6) is 0.000386. The van der Waals surface area contributed by atoms with Gasteiger partial charge in [0.1, 0.15) is 11.5 Å². The van der Waals surface area contributed by atoms with E-state index in [1.807, 2.05) is 26.0 Å². The second kappa shape index (κ2) is 5.29. The molecule has 0 saturated heterocycles. The zero-order valence-corrected chi connectivity index (χ0v) is 12.8. The highest BCUT2D eigenvalue weighted by Gasteiger charge is 2.20. The summed E-state index contributed by atoms with van der Waals surface area (Å²) in [4.78, 5) is 0.718. The zero-order chi connectivity index (χ0) is 15.0. The summed E-state index contributed by atoms with van der Waals surface area (Å²) in [5, 5.41) is 20.1. The van der Waals surface area contributed by atoms with Crippen LogP contribution in [0.5, 0.6) is 11.5 Å². The molecular formula is C16H18O3S. The van der Waals surface area contributed by atoms with Crippen molar-refractivity contribution >= 4 is 10.8 Å². The fourth-order valence-electron chi connectivity index (χ4n) is 2.45. The number of aromatic hydroxyl groups is 2. The van der Waals surface area contributed by atoms with Crippen LogP contribution in [0.2, 0.25) is 0 Å². The average Bonchev–Trinajstić information content (AvgIpc) is 2.25. The summed E-state index contributed by atoms with van der Waals surface area (Å²) in [6, 6.07) is 6.91. The summed E-state index contributed by atoms with van der Waals surface area (Å²) in [6.45, 7) is 7.35. The van der Waals surface area contributed by atoms with Crippen LogP contribution in [0.25, 0.3) is 0 Å². The minimum atomic E-state index is -1.61. The molecule has 0 aromatic heterocycles. The number of aryl methyl sites for hydroxylation is 4. The van der Waals surface area contributed by atoms with Gasteiger partial charge in [0.2, 0.25) is 0 Å². The van der Waals surface area contributed by atoms with Crippen molar-refractivity contribution in [1.29, 1.82) is 0 Å². The van der Waals surface area contributed by atoms with E-state index in [1.165, 1.54) is 0 Å². The van der Waals surface area contributed by atoms with Gasteiger partial charge in [0.15, 0.2) is 0 Å². The first-order valence-electron chi connectivity index (χ1n) is 6.33. The minimum absolute atomic E-state index is 0.000193. The lowest BCUT2D eigenvalue weighted by atomic mass is 10.1. The molecule has 0 heterocycles. The largest absolute Gasteiger partial charge is 0.507 e. The Kier molecular flexibility index (Phi) is 3.86. The van der Waals surface area contributed by atoms with E-state index >= 15 is 0 Å². The van der Waals surface area contributed by atoms with E-state index in [9.17, 15) is 14.4 Å². The molecule has 4 heteroatoms. The van der Waals surface area contributed by atoms with Crippen LogP contribution in [0.3, 0.4) is 0 Å². The Hall–Kier alpha value is -1.81. The fourth-order valence-corrected chi connectivity index (χ4v) is 3.85. The van der Waals surface area contributed by atoms with Gasteiger partial charge in [-0.2, -0.15) is 0 Å². The molecule has 0 radical (unpaired) electrons. The summed E-state index contributed by atoms with van der Waals surface area (Å²) in [5.41, 5.74) is 3.32. The number of rotatable bonds is 2. The van der Waals surface area contributed by atoms with Crippen LogP contribution in [0.4, 0.5) is 0 Å². The predicted molar refractivity (Wildman–Crippen MR) is 79.8 cm³/mol. The molecule has 0 aliphatic rings. The highest BCUT2D eigenvalue weighted by atomic mass is 32.2. The Morgan fingerprint density at radius 3 is 1.40 bits per heavy atom. The summed E-state index contributed by atoms with van der Waals surface area (Å²) >= 11 is 0. The first-order chi connectivity index (χ1) is 9.31. The monoisotopic (exact) mass is 290 g/mol. The Morgan fingerprint density at radius 1 is 0.750 bits per heavy atom. The van der Waals surface area contributed by atoms with Crippen LogP contribution < -0.4 is 0 Å². The maximum absolute atomic E-state index is 12.7. The van der Waals surface area contributed by atoms with Gasteiger partial charge in [-0.25, -0.2) is 4.21 Å². The first-order valence-corrected chi connectivity index (χ1v) is 7.48. The van der Waals surface area contributed by atoms with Crippen molar-refractivity contribution in [2.24, 2.45) is 0 Å². The SMILES string of the molecule is Cc1cc(C)c(S(=O)c2c(C)cc(C)cc2O)c(O)c1. The van der Waals surface area contributed by atoms with Crippen molar-refractivity contribution in [2.75, 3.05) is 0 Å². The highest BCUT2D eigenvalue weighted by Crippen LogP contribution is 2.35. The predicted octanol–water partition coefficient (Wildman–Crippen LogP) is 3.50. The lowest BCUT2D eigenvalue weighted by Gasteiger charge is -2.13. The van der Waals surface area contributed by atoms with Crippen molar-refractivity contribution < 1.29 is 14.4 Å². The van der Waals surface area contributed by atoms with Crippen molar-refractivity contribution in [2.45, 2.75) is 37.5 Å². The molecule has 0 unspecified atom stereocenters. The van der Waals surface area contributed by atoms with Crippen LogP contribution in [0.15, 0.2) is 34.1 Å². The van der Waals surface area contributed by atoms with Crippen molar-refractivity contribution in [3.8, 4) is 11.5 Å². The van der Waals surface area contributed by atoms with E-state index in [0.717, 1.165) is 22.3 Å². The van der Waals surface area contributed by atoms with Gasteiger partial charge >= 0.3 is 0 Å². The van der Waals surface area contributed by atoms with Crippen molar-refractivity contribution in [3.63, 3.8) is 0 Å². The normalized spacial score (nSPS) is 11.1. The zero-order valence-electron chi connectivity index (χ0n) is 12.0. The van der Waals surface area contributed by atoms with Gasteiger partial charge < -0.3 is 10.2 Å². The van der Waals surface area contributed by atoms with Gasteiger partial charge in [-0.1, -0.05) is 12.1 Å². The molecule has 0 bridgehead atoms. The van der Waals surface area contributed by atoms with Crippen molar-refractivity contribution in [1.82, 2.24) is 0 Å². The van der Waals surface area contributed by atoms with E-state index in [2.05, 4.69) is 0 Å². The van der Waals surface area contributed by atoms with Crippen molar-refractivity contribution in [3.05, 3.63) is 46.5 Å². The maximum atomic E-state index is 12.7. The van der Waals surface area contributed by atoms with Gasteiger partial charge in [0.25, 0.3) is 0 Å². The van der Waals surface area contributed by atoms with E-state index in [4.69, 9.17) is 0 Å². The summed E-state index contributed by atoms with van der Waals surface area (Å²) in [7, 11) is -1.61. The molecule has 0 saturated carbocycles. The Bertz CT molecular complexity index is 599. The minimum Gasteiger partial charge on any atom is -0.507 e. The smallest absolute Gasteiger partial charge is 0.132 e. The molecule has 2 aromatic rings. The van der Waals surface area contributed by atoms with Crippen LogP contribution >= 0.6 is 0 Å². The van der Waals surface area contributed by atoms with Gasteiger partial charge in [-0.05, 0) is 62.1 Å². The Morgan fingerprint density at radius 2 is 1.10 bits per heavy atom. The van der Waals surface area contributed by atoms with E-state index in [-0.39, 0.29) is 11.5 Å². The lowest BCUT2D eigenvalue weighted by Crippen LogP contribution is -2.00. The number of phenols is 2. The number of benzene rings is 2. The summed E-state index contributed by atoms with van der Waals surface area (Å²) in [6.07, 6.45) is 0. The number of phenolic OH excluding ortho intramolecular Hbond substituents is 2. The molecule has 0 fully saturated rings. The fraction of sp³-hybridized carbons (Fsp3) is 0.250. The third-order valence-electron chi connectivity index (χ3n) is 3.17. The standard InChI is InChI=1S/C16H18O3S/c1-9-5-11(3)15(13(17)7-9)20(19)16-12(4)6-10(2)8-14(16)18/h5-8,17-18H,1-4H3.